The molecule has 9 nitrogen and oxygen atoms in total. The van der Waals surface area contributed by atoms with E-state index in [1.165, 1.54) is 31.4 Å². The van der Waals surface area contributed by atoms with Gasteiger partial charge in [-0.25, -0.2) is 4.39 Å². The zero-order chi connectivity index (χ0) is 29.9. The number of ether oxygens (including phenoxy) is 2. The average Bonchev–Trinajstić information content (AvgIpc) is 2.97. The summed E-state index contributed by atoms with van der Waals surface area (Å²) in [5.41, 5.74) is 1.36. The minimum atomic E-state index is -1.23. The van der Waals surface area contributed by atoms with E-state index < -0.39 is 24.2 Å². The van der Waals surface area contributed by atoms with E-state index in [0.29, 0.717) is 33.8 Å². The zero-order valence-corrected chi connectivity index (χ0v) is 25.3. The van der Waals surface area contributed by atoms with Gasteiger partial charge in [-0.1, -0.05) is 25.5 Å². The highest BCUT2D eigenvalue weighted by atomic mass is 127. The topological polar surface area (TPSA) is 125 Å². The Balaban J connectivity index is 1.99. The van der Waals surface area contributed by atoms with Crippen LogP contribution in [0.2, 0.25) is 0 Å². The Bertz CT molecular complexity index is 1260. The molecule has 11 heteroatoms. The molecule has 1 aliphatic rings. The van der Waals surface area contributed by atoms with Gasteiger partial charge in [0.05, 0.1) is 23.3 Å². The number of carbonyl (C=O) groups excluding carboxylic acids is 3. The predicted molar refractivity (Wildman–Crippen MR) is 159 cm³/mol. The summed E-state index contributed by atoms with van der Waals surface area (Å²) in [4.78, 5) is 39.4. The molecule has 0 saturated carbocycles. The second-order valence-electron chi connectivity index (χ2n) is 9.74. The molecule has 2 aromatic rings. The predicted octanol–water partition coefficient (Wildman–Crippen LogP) is 3.43. The van der Waals surface area contributed by atoms with E-state index in [-0.39, 0.29) is 61.3 Å². The Hall–Kier alpha value is -3.03. The monoisotopic (exact) mass is 682 g/mol. The van der Waals surface area contributed by atoms with Crippen LogP contribution >= 0.6 is 22.6 Å². The molecule has 3 rings (SSSR count). The van der Waals surface area contributed by atoms with Crippen molar-refractivity contribution in [3.8, 4) is 11.5 Å². The van der Waals surface area contributed by atoms with Crippen LogP contribution in [-0.2, 0) is 16.0 Å². The fraction of sp³-hybridized carbons (Fsp3) is 0.433. The van der Waals surface area contributed by atoms with Crippen molar-refractivity contribution in [2.45, 2.75) is 57.3 Å². The summed E-state index contributed by atoms with van der Waals surface area (Å²) in [5.74, 6) is -0.472. The molecule has 3 N–H and O–H groups in total. The fourth-order valence-electron chi connectivity index (χ4n) is 4.73. The molecule has 3 atom stereocenters. The van der Waals surface area contributed by atoms with Gasteiger partial charge in [-0.15, -0.1) is 0 Å². The molecule has 41 heavy (non-hydrogen) atoms. The number of benzene rings is 2. The van der Waals surface area contributed by atoms with E-state index in [4.69, 9.17) is 9.47 Å². The maximum atomic E-state index is 13.8. The Morgan fingerprint density at radius 1 is 1.27 bits per heavy atom. The standard InChI is InChI=1S/C30H36FIN2O7/c1-3-4-8-27(37)34(11-9-19-6-5-7-22(31)13-19)24-16-21(30(39)33-10-12-35)17-25(28(24)38)41-29-23(32)14-20(18-36)15-26(29)40-2/h5-7,13-15,17-18,24-25,28,35,38H,3-4,8-12,16H2,1-2H3,(H,33,39)/t24-,25+,28+/m1/s1. The van der Waals surface area contributed by atoms with Crippen LogP contribution in [0.4, 0.5) is 4.39 Å². The minimum absolute atomic E-state index is 0.0342. The fourth-order valence-corrected chi connectivity index (χ4v) is 5.48. The summed E-state index contributed by atoms with van der Waals surface area (Å²) < 4.78 is 26.1. The molecule has 0 unspecified atom stereocenters. The molecular weight excluding hydrogens is 646 g/mol. The largest absolute Gasteiger partial charge is 0.493 e. The van der Waals surface area contributed by atoms with Crippen LogP contribution in [0.5, 0.6) is 11.5 Å². The molecular formula is C30H36FIN2O7. The molecule has 0 radical (unpaired) electrons. The Kier molecular flexibility index (Phi) is 12.5. The summed E-state index contributed by atoms with van der Waals surface area (Å²) in [6, 6.07) is 8.42. The lowest BCUT2D eigenvalue weighted by molar-refractivity contribution is -0.138. The quantitative estimate of drug-likeness (QED) is 0.206. The third-order valence-electron chi connectivity index (χ3n) is 6.85. The van der Waals surface area contributed by atoms with Crippen molar-refractivity contribution in [1.29, 1.82) is 0 Å². The van der Waals surface area contributed by atoms with Gasteiger partial charge in [0.15, 0.2) is 11.5 Å². The minimum Gasteiger partial charge on any atom is -0.493 e. The molecule has 0 heterocycles. The van der Waals surface area contributed by atoms with Crippen molar-refractivity contribution in [3.05, 3.63) is 68.6 Å². The number of hydrogen-bond donors (Lipinski definition) is 3. The number of aliphatic hydroxyl groups excluding tert-OH is 2. The van der Waals surface area contributed by atoms with E-state index in [9.17, 15) is 29.0 Å². The highest BCUT2D eigenvalue weighted by Gasteiger charge is 2.40. The zero-order valence-electron chi connectivity index (χ0n) is 23.1. The van der Waals surface area contributed by atoms with E-state index in [2.05, 4.69) is 5.32 Å². The van der Waals surface area contributed by atoms with Crippen LogP contribution in [0.15, 0.2) is 48.0 Å². The first-order chi connectivity index (χ1) is 19.7. The van der Waals surface area contributed by atoms with Crippen molar-refractivity contribution in [3.63, 3.8) is 0 Å². The van der Waals surface area contributed by atoms with Crippen molar-refractivity contribution >= 4 is 40.7 Å². The number of rotatable bonds is 14. The van der Waals surface area contributed by atoms with Gasteiger partial charge in [-0.2, -0.15) is 0 Å². The van der Waals surface area contributed by atoms with Gasteiger partial charge < -0.3 is 29.9 Å². The lowest BCUT2D eigenvalue weighted by Crippen LogP contribution is -2.55. The third kappa shape index (κ3) is 8.73. The number of carbonyl (C=O) groups is 3. The molecule has 2 aromatic carbocycles. The number of amides is 2. The van der Waals surface area contributed by atoms with Gasteiger partial charge in [-0.05, 0) is 71.3 Å². The average molecular weight is 683 g/mol. The van der Waals surface area contributed by atoms with Crippen LogP contribution in [0.1, 0.15) is 48.5 Å². The third-order valence-corrected chi connectivity index (χ3v) is 7.65. The smallest absolute Gasteiger partial charge is 0.247 e. The van der Waals surface area contributed by atoms with Crippen LogP contribution in [0.3, 0.4) is 0 Å². The van der Waals surface area contributed by atoms with Gasteiger partial charge in [0, 0.05) is 37.1 Å². The summed E-state index contributed by atoms with van der Waals surface area (Å²) in [6.07, 6.45) is 2.01. The lowest BCUT2D eigenvalue weighted by atomic mass is 9.87. The normalized spacial score (nSPS) is 18.3. The number of methoxy groups -OCH3 is 1. The first kappa shape index (κ1) is 32.5. The van der Waals surface area contributed by atoms with Gasteiger partial charge >= 0.3 is 0 Å². The summed E-state index contributed by atoms with van der Waals surface area (Å²) in [6.45, 7) is 1.95. The Labute approximate surface area is 252 Å². The number of hydrogen-bond acceptors (Lipinski definition) is 7. The Morgan fingerprint density at radius 3 is 2.71 bits per heavy atom. The van der Waals surface area contributed by atoms with Crippen molar-refractivity contribution < 1.29 is 38.5 Å². The van der Waals surface area contributed by atoms with Crippen LogP contribution in [0, 0.1) is 9.39 Å². The number of aliphatic hydroxyl groups is 2. The molecule has 0 spiro atoms. The van der Waals surface area contributed by atoms with Gasteiger partial charge in [-0.3, -0.25) is 14.4 Å². The Morgan fingerprint density at radius 2 is 2.05 bits per heavy atom. The van der Waals surface area contributed by atoms with E-state index >= 15 is 0 Å². The molecule has 222 valence electrons. The summed E-state index contributed by atoms with van der Waals surface area (Å²) in [5, 5.41) is 23.5. The van der Waals surface area contributed by atoms with Crippen molar-refractivity contribution in [2.75, 3.05) is 26.8 Å². The van der Waals surface area contributed by atoms with Crippen LogP contribution in [0.25, 0.3) is 0 Å². The summed E-state index contributed by atoms with van der Waals surface area (Å²) >= 11 is 2.00. The van der Waals surface area contributed by atoms with Crippen molar-refractivity contribution in [2.24, 2.45) is 0 Å². The highest BCUT2D eigenvalue weighted by Crippen LogP contribution is 2.37. The number of halogens is 2. The molecule has 0 aromatic heterocycles. The number of aldehydes is 1. The van der Waals surface area contributed by atoms with Gasteiger partial charge in [0.1, 0.15) is 24.3 Å². The molecule has 0 bridgehead atoms. The first-order valence-electron chi connectivity index (χ1n) is 13.5. The summed E-state index contributed by atoms with van der Waals surface area (Å²) in [7, 11) is 1.43. The SMILES string of the molecule is CCCCC(=O)N(CCc1cccc(F)c1)[C@@H]1CC(C(=O)NCCO)=C[C@H](Oc2c(I)cc(C=O)cc2OC)[C@H]1O. The molecule has 2 amide bonds. The maximum Gasteiger partial charge on any atom is 0.247 e. The number of nitrogens with zero attached hydrogens (tertiary/aromatic N) is 1. The maximum absolute atomic E-state index is 13.8. The first-order valence-corrected chi connectivity index (χ1v) is 14.6. The number of unbranched alkanes of at least 4 members (excludes halogenated alkanes) is 1. The van der Waals surface area contributed by atoms with Crippen molar-refractivity contribution in [1.82, 2.24) is 10.2 Å². The molecule has 0 aliphatic heterocycles. The molecule has 1 aliphatic carbocycles. The molecule has 0 fully saturated rings. The van der Waals surface area contributed by atoms with Gasteiger partial charge in [0.2, 0.25) is 11.8 Å². The van der Waals surface area contributed by atoms with Crippen LogP contribution in [-0.4, -0.2) is 78.3 Å². The van der Waals surface area contributed by atoms with Gasteiger partial charge in [0.25, 0.3) is 0 Å². The number of nitrogens with one attached hydrogen (secondary N) is 1. The van der Waals surface area contributed by atoms with E-state index in [0.717, 1.165) is 6.42 Å². The van der Waals surface area contributed by atoms with E-state index in [1.54, 1.807) is 23.1 Å². The van der Waals surface area contributed by atoms with Crippen LogP contribution < -0.4 is 14.8 Å². The lowest BCUT2D eigenvalue weighted by Gasteiger charge is -2.41. The van der Waals surface area contributed by atoms with E-state index in [1.807, 2.05) is 29.5 Å². The highest BCUT2D eigenvalue weighted by molar-refractivity contribution is 14.1. The second-order valence-corrected chi connectivity index (χ2v) is 10.9. The molecule has 0 saturated heterocycles. The second kappa shape index (κ2) is 15.8.